The molecule has 0 unspecified atom stereocenters. The Morgan fingerprint density at radius 1 is 1.05 bits per heavy atom. The van der Waals surface area contributed by atoms with Gasteiger partial charge < -0.3 is 0 Å². The number of fused-ring (bicyclic) bond motifs is 1. The Hall–Kier alpha value is -2.13. The first-order chi connectivity index (χ1) is 9.76. The van der Waals surface area contributed by atoms with Crippen LogP contribution in [0.3, 0.4) is 0 Å². The average molecular weight is 279 g/mol. The van der Waals surface area contributed by atoms with Crippen LogP contribution in [-0.4, -0.2) is 11.3 Å². The maximum atomic E-state index is 10.7. The van der Waals surface area contributed by atoms with Crippen LogP contribution in [0.15, 0.2) is 64.6 Å². The number of aldehydes is 1. The number of carbonyl (C=O) groups excluding carboxylic acids is 1. The molecule has 0 N–H and O–H groups in total. The molecule has 0 saturated heterocycles. The second-order valence-corrected chi connectivity index (χ2v) is 5.68. The Bertz CT molecular complexity index is 783. The molecule has 0 radical (unpaired) electrons. The van der Waals surface area contributed by atoms with Gasteiger partial charge in [-0.2, -0.15) is 0 Å². The van der Waals surface area contributed by atoms with Crippen LogP contribution in [0.5, 0.6) is 0 Å². The molecular formula is C17H13NOS. The first-order valence-electron chi connectivity index (χ1n) is 6.35. The molecule has 2 aromatic carbocycles. The molecule has 0 spiro atoms. The Morgan fingerprint density at radius 3 is 2.60 bits per heavy atom. The van der Waals surface area contributed by atoms with Gasteiger partial charge in [0.2, 0.25) is 0 Å². The van der Waals surface area contributed by atoms with E-state index >= 15 is 0 Å². The van der Waals surface area contributed by atoms with Gasteiger partial charge >= 0.3 is 0 Å². The van der Waals surface area contributed by atoms with E-state index in [1.807, 2.05) is 25.1 Å². The van der Waals surface area contributed by atoms with Crippen LogP contribution in [0.2, 0.25) is 0 Å². The van der Waals surface area contributed by atoms with Gasteiger partial charge in [0.05, 0.1) is 0 Å². The summed E-state index contributed by atoms with van der Waals surface area (Å²) >= 11 is 1.62. The third kappa shape index (κ3) is 2.58. The molecule has 3 rings (SSSR count). The molecule has 0 saturated carbocycles. The fraction of sp³-hybridized carbons (Fsp3) is 0.0588. The van der Waals surface area contributed by atoms with E-state index in [2.05, 4.69) is 35.3 Å². The predicted molar refractivity (Wildman–Crippen MR) is 82.4 cm³/mol. The number of aromatic nitrogens is 1. The van der Waals surface area contributed by atoms with Gasteiger partial charge in [0.25, 0.3) is 0 Å². The fourth-order valence-electron chi connectivity index (χ4n) is 2.10. The lowest BCUT2D eigenvalue weighted by Gasteiger charge is -2.06. The first-order valence-corrected chi connectivity index (χ1v) is 7.16. The van der Waals surface area contributed by atoms with Gasteiger partial charge in [0.1, 0.15) is 5.03 Å². The summed E-state index contributed by atoms with van der Waals surface area (Å²) in [4.78, 5) is 16.2. The van der Waals surface area contributed by atoms with Crippen molar-refractivity contribution >= 4 is 28.8 Å². The lowest BCUT2D eigenvalue weighted by Crippen LogP contribution is -1.89. The monoisotopic (exact) mass is 279 g/mol. The summed E-state index contributed by atoms with van der Waals surface area (Å²) in [5, 5.41) is 3.39. The Labute approximate surface area is 121 Å². The van der Waals surface area contributed by atoms with Crippen LogP contribution < -0.4 is 0 Å². The molecule has 1 heterocycles. The van der Waals surface area contributed by atoms with Crippen LogP contribution in [-0.2, 0) is 0 Å². The van der Waals surface area contributed by atoms with E-state index in [-0.39, 0.29) is 0 Å². The Morgan fingerprint density at radius 2 is 1.85 bits per heavy atom. The number of benzene rings is 2. The summed E-state index contributed by atoms with van der Waals surface area (Å²) in [6.07, 6.45) is 2.44. The minimum absolute atomic E-state index is 0.616. The summed E-state index contributed by atoms with van der Waals surface area (Å²) in [5.74, 6) is 0. The molecule has 0 bridgehead atoms. The summed E-state index contributed by atoms with van der Waals surface area (Å²) in [7, 11) is 0. The number of hydrogen-bond acceptors (Lipinski definition) is 3. The Kier molecular flexibility index (Phi) is 3.52. The number of hydrogen-bond donors (Lipinski definition) is 0. The number of nitrogens with zero attached hydrogens (tertiary/aromatic N) is 1. The molecule has 2 nitrogen and oxygen atoms in total. The van der Waals surface area contributed by atoms with Gasteiger partial charge in [0.15, 0.2) is 6.29 Å². The van der Waals surface area contributed by atoms with E-state index in [0.29, 0.717) is 5.56 Å². The first kappa shape index (κ1) is 12.9. The molecule has 98 valence electrons. The van der Waals surface area contributed by atoms with Crippen LogP contribution >= 0.6 is 11.8 Å². The van der Waals surface area contributed by atoms with Crippen LogP contribution in [0, 0.1) is 6.92 Å². The Balaban J connectivity index is 1.94. The van der Waals surface area contributed by atoms with Crippen molar-refractivity contribution in [3.05, 3.63) is 65.9 Å². The normalized spacial score (nSPS) is 10.7. The fourth-order valence-corrected chi connectivity index (χ4v) is 2.97. The van der Waals surface area contributed by atoms with Crippen molar-refractivity contribution in [1.29, 1.82) is 0 Å². The maximum absolute atomic E-state index is 10.7. The van der Waals surface area contributed by atoms with Gasteiger partial charge in [-0.15, -0.1) is 0 Å². The highest BCUT2D eigenvalue weighted by Crippen LogP contribution is 2.30. The minimum atomic E-state index is 0.616. The average Bonchev–Trinajstić information content (AvgIpc) is 2.49. The van der Waals surface area contributed by atoms with E-state index < -0.39 is 0 Å². The lowest BCUT2D eigenvalue weighted by molar-refractivity contribution is 0.112. The standard InChI is InChI=1S/C17H13NOS/c1-12-8-13(11-19)10-18-17(12)20-16-7-6-14-4-2-3-5-15(14)9-16/h2-11H,1H3. The van der Waals surface area contributed by atoms with E-state index in [9.17, 15) is 4.79 Å². The molecule has 20 heavy (non-hydrogen) atoms. The highest BCUT2D eigenvalue weighted by molar-refractivity contribution is 7.99. The number of pyridine rings is 1. The summed E-state index contributed by atoms with van der Waals surface area (Å²) in [5.41, 5.74) is 1.64. The predicted octanol–water partition coefficient (Wildman–Crippen LogP) is 4.51. The molecule has 0 fully saturated rings. The third-order valence-electron chi connectivity index (χ3n) is 3.12. The van der Waals surface area contributed by atoms with E-state index in [0.717, 1.165) is 21.8 Å². The second kappa shape index (κ2) is 5.47. The number of aryl methyl sites for hydroxylation is 1. The quantitative estimate of drug-likeness (QED) is 0.661. The van der Waals surface area contributed by atoms with Crippen molar-refractivity contribution in [2.45, 2.75) is 16.8 Å². The van der Waals surface area contributed by atoms with Crippen molar-refractivity contribution in [2.24, 2.45) is 0 Å². The van der Waals surface area contributed by atoms with Gasteiger partial charge in [-0.25, -0.2) is 4.98 Å². The van der Waals surface area contributed by atoms with Crippen LogP contribution in [0.1, 0.15) is 15.9 Å². The maximum Gasteiger partial charge on any atom is 0.151 e. The molecule has 0 amide bonds. The third-order valence-corrected chi connectivity index (χ3v) is 4.23. The molecule has 0 atom stereocenters. The minimum Gasteiger partial charge on any atom is -0.298 e. The van der Waals surface area contributed by atoms with Crippen molar-refractivity contribution in [2.75, 3.05) is 0 Å². The van der Waals surface area contributed by atoms with E-state index in [4.69, 9.17) is 0 Å². The zero-order valence-electron chi connectivity index (χ0n) is 11.0. The largest absolute Gasteiger partial charge is 0.298 e. The van der Waals surface area contributed by atoms with Gasteiger partial charge in [-0.1, -0.05) is 42.1 Å². The molecule has 3 aromatic rings. The highest BCUT2D eigenvalue weighted by atomic mass is 32.2. The van der Waals surface area contributed by atoms with Crippen molar-refractivity contribution in [1.82, 2.24) is 4.98 Å². The van der Waals surface area contributed by atoms with Crippen LogP contribution in [0.25, 0.3) is 10.8 Å². The van der Waals surface area contributed by atoms with Gasteiger partial charge in [-0.05, 0) is 41.5 Å². The lowest BCUT2D eigenvalue weighted by atomic mass is 10.1. The SMILES string of the molecule is Cc1cc(C=O)cnc1Sc1ccc2ccccc2c1. The van der Waals surface area contributed by atoms with E-state index in [1.54, 1.807) is 18.0 Å². The zero-order chi connectivity index (χ0) is 13.9. The molecule has 0 aliphatic carbocycles. The summed E-state index contributed by atoms with van der Waals surface area (Å²) < 4.78 is 0. The summed E-state index contributed by atoms with van der Waals surface area (Å²) in [6.45, 7) is 1.98. The van der Waals surface area contributed by atoms with Crippen molar-refractivity contribution < 1.29 is 4.79 Å². The van der Waals surface area contributed by atoms with Crippen molar-refractivity contribution in [3.8, 4) is 0 Å². The van der Waals surface area contributed by atoms with Crippen molar-refractivity contribution in [3.63, 3.8) is 0 Å². The van der Waals surface area contributed by atoms with Crippen LogP contribution in [0.4, 0.5) is 0 Å². The molecule has 0 aliphatic heterocycles. The zero-order valence-corrected chi connectivity index (χ0v) is 11.9. The molecule has 1 aromatic heterocycles. The molecule has 0 aliphatic rings. The number of rotatable bonds is 3. The summed E-state index contributed by atoms with van der Waals surface area (Å²) in [6, 6.07) is 16.5. The second-order valence-electron chi connectivity index (χ2n) is 4.62. The number of carbonyl (C=O) groups is 1. The van der Waals surface area contributed by atoms with Gasteiger partial charge in [0, 0.05) is 16.7 Å². The smallest absolute Gasteiger partial charge is 0.151 e. The molecular weight excluding hydrogens is 266 g/mol. The van der Waals surface area contributed by atoms with E-state index in [1.165, 1.54) is 10.8 Å². The molecule has 3 heteroatoms. The topological polar surface area (TPSA) is 30.0 Å². The van der Waals surface area contributed by atoms with Gasteiger partial charge in [-0.3, -0.25) is 4.79 Å². The highest BCUT2D eigenvalue weighted by Gasteiger charge is 2.05.